The molecule has 1 radical (unpaired) electrons. The number of sulfone groups is 2. The van der Waals surface area contributed by atoms with E-state index < -0.39 is 31.9 Å². The Morgan fingerprint density at radius 2 is 1.06 bits per heavy atom. The second-order valence-electron chi connectivity index (χ2n) is 6.84. The Hall–Kier alpha value is 0.479. The zero-order valence-corrected chi connectivity index (χ0v) is 22.1. The molecule has 4 atom stereocenters. The predicted molar refractivity (Wildman–Crippen MR) is 129 cm³/mol. The first-order valence-corrected chi connectivity index (χ1v) is 14.2. The SMILES string of the molecule is O=S1(=O)CC(O)C(NCCNC(=S)[S-])C1.O=S1(=O)CC(O)C(NCCNC(=S)[S-])C1.[Cu+2]. The average molecular weight is 602 g/mol. The molecule has 2 heterocycles. The molecule has 0 aromatic carbocycles. The molecule has 0 saturated carbocycles. The fourth-order valence-corrected chi connectivity index (χ4v) is 6.85. The molecule has 10 nitrogen and oxygen atoms in total. The van der Waals surface area contributed by atoms with Gasteiger partial charge in [0.15, 0.2) is 19.7 Å². The van der Waals surface area contributed by atoms with E-state index in [1.165, 1.54) is 0 Å². The van der Waals surface area contributed by atoms with Crippen molar-refractivity contribution in [2.24, 2.45) is 0 Å². The Balaban J connectivity index is 0.000000562. The summed E-state index contributed by atoms with van der Waals surface area (Å²) < 4.78 is 45.1. The molecule has 17 heteroatoms. The second kappa shape index (κ2) is 14.7. The van der Waals surface area contributed by atoms with Gasteiger partial charge in [-0.2, -0.15) is 0 Å². The van der Waals surface area contributed by atoms with Crippen molar-refractivity contribution in [2.45, 2.75) is 24.3 Å². The summed E-state index contributed by atoms with van der Waals surface area (Å²) >= 11 is 18.5. The van der Waals surface area contributed by atoms with E-state index in [-0.39, 0.29) is 60.8 Å². The molecule has 0 bridgehead atoms. The zero-order valence-electron chi connectivity index (χ0n) is 16.2. The molecule has 0 aliphatic carbocycles. The third kappa shape index (κ3) is 13.7. The Labute approximate surface area is 215 Å². The van der Waals surface area contributed by atoms with Crippen molar-refractivity contribution < 1.29 is 44.1 Å². The van der Waals surface area contributed by atoms with Crippen LogP contribution in [-0.2, 0) is 62.0 Å². The molecule has 2 rings (SSSR count). The predicted octanol–water partition coefficient (Wildman–Crippen LogP) is -3.69. The molecular weight excluding hydrogens is 576 g/mol. The van der Waals surface area contributed by atoms with E-state index in [0.29, 0.717) is 26.2 Å². The summed E-state index contributed by atoms with van der Waals surface area (Å²) in [5, 5.41) is 30.3. The fourth-order valence-electron chi connectivity index (χ4n) is 2.89. The van der Waals surface area contributed by atoms with Gasteiger partial charge in [0.25, 0.3) is 0 Å². The van der Waals surface area contributed by atoms with Crippen molar-refractivity contribution in [3.63, 3.8) is 0 Å². The summed E-state index contributed by atoms with van der Waals surface area (Å²) in [5.74, 6) is -0.325. The zero-order chi connectivity index (χ0) is 22.9. The number of hydrogen-bond acceptors (Lipinski definition) is 12. The molecule has 2 fully saturated rings. The first-order chi connectivity index (χ1) is 13.8. The van der Waals surface area contributed by atoms with Gasteiger partial charge in [-0.15, -0.1) is 0 Å². The van der Waals surface area contributed by atoms with E-state index in [0.717, 1.165) is 0 Å². The molecule has 2 aliphatic heterocycles. The number of thiocarbonyl (C=S) groups is 2. The minimum atomic E-state index is -3.08. The number of aliphatic hydroxyl groups is 2. The quantitative estimate of drug-likeness (QED) is 0.0699. The minimum Gasteiger partial charge on any atom is -0.412 e. The van der Waals surface area contributed by atoms with Crippen LogP contribution < -0.4 is 21.3 Å². The monoisotopic (exact) mass is 601 g/mol. The molecule has 2 saturated heterocycles. The molecular formula is C14H26CuN4O6S6. The van der Waals surface area contributed by atoms with Crippen LogP contribution in [0.1, 0.15) is 0 Å². The van der Waals surface area contributed by atoms with E-state index in [1.54, 1.807) is 0 Å². The van der Waals surface area contributed by atoms with Gasteiger partial charge >= 0.3 is 17.1 Å². The Morgan fingerprint density at radius 1 is 0.742 bits per heavy atom. The van der Waals surface area contributed by atoms with Crippen molar-refractivity contribution in [3.05, 3.63) is 0 Å². The van der Waals surface area contributed by atoms with Gasteiger partial charge in [0, 0.05) is 38.3 Å². The van der Waals surface area contributed by atoms with Crippen LogP contribution in [0.15, 0.2) is 0 Å². The van der Waals surface area contributed by atoms with E-state index in [2.05, 4.69) is 71.0 Å². The maximum absolute atomic E-state index is 11.1. The normalized spacial score (nSPS) is 27.9. The van der Waals surface area contributed by atoms with Crippen molar-refractivity contribution in [1.29, 1.82) is 0 Å². The smallest absolute Gasteiger partial charge is 0.412 e. The van der Waals surface area contributed by atoms with Gasteiger partial charge in [-0.25, -0.2) is 16.8 Å². The first-order valence-electron chi connectivity index (χ1n) is 8.95. The van der Waals surface area contributed by atoms with Crippen LogP contribution in [0.5, 0.6) is 0 Å². The standard InChI is InChI=1S/2C7H14N2O3S3.Cu/c2*10-6-4-15(11,12)3-5(6)8-1-2-9-7(13)14;/h2*5-6,8,10H,1-4H2,(H2,9,13,14);/q;;+2/p-2. The second-order valence-corrected chi connectivity index (χ2v) is 13.3. The average Bonchev–Trinajstić information content (AvgIpc) is 3.01. The molecule has 0 aromatic heterocycles. The molecule has 2 aliphatic rings. The largest absolute Gasteiger partial charge is 2.00 e. The van der Waals surface area contributed by atoms with Crippen LogP contribution in [-0.4, -0.2) is 109 Å². The van der Waals surface area contributed by atoms with Gasteiger partial charge in [0.2, 0.25) is 0 Å². The van der Waals surface area contributed by atoms with Crippen molar-refractivity contribution >= 4 is 78.0 Å². The summed E-state index contributed by atoms with van der Waals surface area (Å²) in [7, 11) is -6.15. The van der Waals surface area contributed by atoms with Crippen molar-refractivity contribution in [1.82, 2.24) is 21.3 Å². The topological polar surface area (TPSA) is 157 Å². The van der Waals surface area contributed by atoms with Crippen LogP contribution in [0, 0.1) is 0 Å². The van der Waals surface area contributed by atoms with Crippen molar-refractivity contribution in [3.8, 4) is 0 Å². The van der Waals surface area contributed by atoms with Crippen LogP contribution in [0.4, 0.5) is 0 Å². The van der Waals surface area contributed by atoms with E-state index in [9.17, 15) is 27.0 Å². The minimum absolute atomic E-state index is 0. The molecule has 0 aromatic rings. The molecule has 4 unspecified atom stereocenters. The fraction of sp³-hybridized carbons (Fsp3) is 0.857. The third-order valence-electron chi connectivity index (χ3n) is 4.25. The Kier molecular flexibility index (Phi) is 14.9. The summed E-state index contributed by atoms with van der Waals surface area (Å²) in [4.78, 5) is 0. The summed E-state index contributed by atoms with van der Waals surface area (Å²) in [6.45, 7) is 2.11. The molecule has 0 spiro atoms. The van der Waals surface area contributed by atoms with Crippen LogP contribution >= 0.6 is 24.4 Å². The maximum atomic E-state index is 11.1. The van der Waals surface area contributed by atoms with Gasteiger partial charge < -0.3 is 81.2 Å². The molecule has 6 N–H and O–H groups in total. The number of aliphatic hydroxyl groups excluding tert-OH is 2. The Bertz CT molecular complexity index is 733. The first kappa shape index (κ1) is 31.5. The summed E-state index contributed by atoms with van der Waals surface area (Å²) in [5.41, 5.74) is 0. The van der Waals surface area contributed by atoms with E-state index in [1.807, 2.05) is 0 Å². The third-order valence-corrected chi connectivity index (χ3v) is 8.26. The number of rotatable bonds is 8. The van der Waals surface area contributed by atoms with Gasteiger partial charge in [-0.1, -0.05) is 8.64 Å². The Morgan fingerprint density at radius 3 is 1.29 bits per heavy atom. The van der Waals surface area contributed by atoms with Gasteiger partial charge in [0.1, 0.15) is 0 Å². The van der Waals surface area contributed by atoms with Crippen molar-refractivity contribution in [2.75, 3.05) is 49.2 Å². The molecule has 0 amide bonds. The summed E-state index contributed by atoms with van der Waals surface area (Å²) in [6, 6.07) is -0.758. The van der Waals surface area contributed by atoms with Gasteiger partial charge in [-0.3, -0.25) is 0 Å². The van der Waals surface area contributed by atoms with Gasteiger partial charge in [-0.05, 0) is 0 Å². The number of hydrogen-bond donors (Lipinski definition) is 6. The van der Waals surface area contributed by atoms with Crippen LogP contribution in [0.25, 0.3) is 0 Å². The maximum Gasteiger partial charge on any atom is 2.00 e. The number of nitrogens with one attached hydrogen (secondary N) is 4. The van der Waals surface area contributed by atoms with E-state index in [4.69, 9.17) is 0 Å². The summed E-state index contributed by atoms with van der Waals surface area (Å²) in [6.07, 6.45) is -1.63. The molecule has 31 heavy (non-hydrogen) atoms. The van der Waals surface area contributed by atoms with Crippen LogP contribution in [0.2, 0.25) is 0 Å². The van der Waals surface area contributed by atoms with Gasteiger partial charge in [0.05, 0.1) is 35.2 Å². The van der Waals surface area contributed by atoms with Crippen LogP contribution in [0.3, 0.4) is 0 Å². The molecule has 185 valence electrons. The van der Waals surface area contributed by atoms with E-state index >= 15 is 0 Å².